The molecule has 3 nitrogen and oxygen atoms in total. The van der Waals surface area contributed by atoms with Gasteiger partial charge < -0.3 is 0 Å². The summed E-state index contributed by atoms with van der Waals surface area (Å²) >= 11 is 0. The van der Waals surface area contributed by atoms with Crippen LogP contribution in [0.25, 0.3) is 0 Å². The molecule has 0 radical (unpaired) electrons. The zero-order valence-electron chi connectivity index (χ0n) is 8.09. The van der Waals surface area contributed by atoms with Gasteiger partial charge in [-0.25, -0.2) is 13.1 Å². The van der Waals surface area contributed by atoms with Gasteiger partial charge in [0.1, 0.15) is 0 Å². The molecular formula is C8H17NO2S. The molecule has 0 bridgehead atoms. The summed E-state index contributed by atoms with van der Waals surface area (Å²) in [4.78, 5) is 0. The van der Waals surface area contributed by atoms with Crippen molar-refractivity contribution in [2.24, 2.45) is 5.41 Å². The Morgan fingerprint density at radius 2 is 1.83 bits per heavy atom. The molecule has 0 aliphatic rings. The summed E-state index contributed by atoms with van der Waals surface area (Å²) in [6, 6.07) is -0.0968. The van der Waals surface area contributed by atoms with Gasteiger partial charge in [0.05, 0.1) is 0 Å². The summed E-state index contributed by atoms with van der Waals surface area (Å²) in [6.07, 6.45) is 0. The van der Waals surface area contributed by atoms with Crippen LogP contribution >= 0.6 is 0 Å². The van der Waals surface area contributed by atoms with Gasteiger partial charge >= 0.3 is 0 Å². The Hall–Kier alpha value is -0.350. The fourth-order valence-electron chi connectivity index (χ4n) is 0.471. The smallest absolute Gasteiger partial charge is 0.208 e. The summed E-state index contributed by atoms with van der Waals surface area (Å²) in [7, 11) is -3.29. The van der Waals surface area contributed by atoms with Gasteiger partial charge in [-0.2, -0.15) is 0 Å². The van der Waals surface area contributed by atoms with E-state index in [0.717, 1.165) is 5.41 Å². The first-order valence-electron chi connectivity index (χ1n) is 3.84. The van der Waals surface area contributed by atoms with E-state index in [2.05, 4.69) is 11.3 Å². The van der Waals surface area contributed by atoms with Crippen LogP contribution < -0.4 is 4.72 Å². The molecule has 0 rings (SSSR count). The van der Waals surface area contributed by atoms with E-state index in [1.54, 1.807) is 0 Å². The van der Waals surface area contributed by atoms with Gasteiger partial charge in [0.25, 0.3) is 0 Å². The fourth-order valence-corrected chi connectivity index (χ4v) is 1.41. The minimum absolute atomic E-state index is 0.0733. The quantitative estimate of drug-likeness (QED) is 0.734. The van der Waals surface area contributed by atoms with Crippen LogP contribution in [0, 0.1) is 5.41 Å². The van der Waals surface area contributed by atoms with Crippen molar-refractivity contribution in [2.45, 2.75) is 33.7 Å². The Bertz CT molecular complexity index is 249. The lowest BCUT2D eigenvalue weighted by atomic mass is 9.89. The van der Waals surface area contributed by atoms with Crippen LogP contribution in [0.15, 0.2) is 12.0 Å². The van der Waals surface area contributed by atoms with Gasteiger partial charge in [-0.15, -0.1) is 0 Å². The standard InChI is InChI=1S/C8H17NO2S/c1-6-12(10,11)9-7(2)8(3,4)5/h6-7,9H,1H2,2-5H3. The van der Waals surface area contributed by atoms with E-state index in [1.807, 2.05) is 27.7 Å². The van der Waals surface area contributed by atoms with Crippen LogP contribution in [-0.2, 0) is 10.0 Å². The number of rotatable bonds is 3. The highest BCUT2D eigenvalue weighted by Gasteiger charge is 2.22. The molecule has 0 aliphatic carbocycles. The first kappa shape index (κ1) is 11.6. The van der Waals surface area contributed by atoms with Crippen molar-refractivity contribution in [3.8, 4) is 0 Å². The van der Waals surface area contributed by atoms with Crippen LogP contribution in [0.1, 0.15) is 27.7 Å². The molecule has 4 heteroatoms. The normalized spacial score (nSPS) is 15.7. The van der Waals surface area contributed by atoms with Crippen molar-refractivity contribution < 1.29 is 8.42 Å². The molecule has 0 aliphatic heterocycles. The SMILES string of the molecule is C=CS(=O)(=O)NC(C)C(C)(C)C. The fraction of sp³-hybridized carbons (Fsp3) is 0.750. The molecule has 1 atom stereocenters. The Labute approximate surface area is 74.9 Å². The minimum atomic E-state index is -3.29. The summed E-state index contributed by atoms with van der Waals surface area (Å²) in [5.74, 6) is 0. The van der Waals surface area contributed by atoms with Crippen molar-refractivity contribution in [3.63, 3.8) is 0 Å². The second-order valence-corrected chi connectivity index (χ2v) is 5.58. The number of hydrogen-bond donors (Lipinski definition) is 1. The largest absolute Gasteiger partial charge is 0.233 e. The molecule has 0 saturated heterocycles. The van der Waals surface area contributed by atoms with E-state index in [-0.39, 0.29) is 11.5 Å². The molecule has 72 valence electrons. The third kappa shape index (κ3) is 3.88. The van der Waals surface area contributed by atoms with Crippen molar-refractivity contribution in [3.05, 3.63) is 12.0 Å². The molecule has 12 heavy (non-hydrogen) atoms. The van der Waals surface area contributed by atoms with Gasteiger partial charge in [-0.1, -0.05) is 27.4 Å². The molecule has 1 unspecified atom stereocenters. The van der Waals surface area contributed by atoms with Crippen molar-refractivity contribution in [1.29, 1.82) is 0 Å². The molecule has 0 aromatic rings. The molecule has 0 aromatic heterocycles. The number of nitrogens with one attached hydrogen (secondary N) is 1. The number of hydrogen-bond acceptors (Lipinski definition) is 2. The lowest BCUT2D eigenvalue weighted by Crippen LogP contribution is -2.40. The maximum Gasteiger partial charge on any atom is 0.233 e. The van der Waals surface area contributed by atoms with Crippen LogP contribution in [0.2, 0.25) is 0 Å². The predicted octanol–water partition coefficient (Wildman–Crippen LogP) is 1.48. The molecule has 1 N–H and O–H groups in total. The van der Waals surface area contributed by atoms with Gasteiger partial charge in [0, 0.05) is 11.4 Å². The molecule has 0 spiro atoms. The highest BCUT2D eigenvalue weighted by Crippen LogP contribution is 2.19. The highest BCUT2D eigenvalue weighted by atomic mass is 32.2. The average Bonchev–Trinajstić information content (AvgIpc) is 1.85. The van der Waals surface area contributed by atoms with E-state index < -0.39 is 10.0 Å². The van der Waals surface area contributed by atoms with Crippen molar-refractivity contribution in [1.82, 2.24) is 4.72 Å². The van der Waals surface area contributed by atoms with Crippen molar-refractivity contribution in [2.75, 3.05) is 0 Å². The van der Waals surface area contributed by atoms with Gasteiger partial charge in [-0.05, 0) is 12.3 Å². The average molecular weight is 191 g/mol. The maximum absolute atomic E-state index is 11.0. The first-order valence-corrected chi connectivity index (χ1v) is 5.38. The van der Waals surface area contributed by atoms with Crippen LogP contribution in [0.5, 0.6) is 0 Å². The Morgan fingerprint density at radius 1 is 1.42 bits per heavy atom. The van der Waals surface area contributed by atoms with Crippen molar-refractivity contribution >= 4 is 10.0 Å². The molecule has 0 heterocycles. The van der Waals surface area contributed by atoms with Gasteiger partial charge in [0.2, 0.25) is 10.0 Å². The Kier molecular flexibility index (Phi) is 3.47. The third-order valence-electron chi connectivity index (χ3n) is 1.86. The lowest BCUT2D eigenvalue weighted by Gasteiger charge is -2.27. The molecule has 0 aromatic carbocycles. The molecule has 0 fully saturated rings. The second-order valence-electron chi connectivity index (χ2n) is 3.92. The predicted molar refractivity (Wildman–Crippen MR) is 51.2 cm³/mol. The molecule has 0 saturated carbocycles. The van der Waals surface area contributed by atoms with Crippen LogP contribution in [0.4, 0.5) is 0 Å². The van der Waals surface area contributed by atoms with Gasteiger partial charge in [0.15, 0.2) is 0 Å². The topological polar surface area (TPSA) is 46.2 Å². The Balaban J connectivity index is 4.40. The Morgan fingerprint density at radius 3 is 2.08 bits per heavy atom. The van der Waals surface area contributed by atoms with Crippen LogP contribution in [-0.4, -0.2) is 14.5 Å². The third-order valence-corrected chi connectivity index (χ3v) is 2.98. The monoisotopic (exact) mass is 191 g/mol. The van der Waals surface area contributed by atoms with Gasteiger partial charge in [-0.3, -0.25) is 0 Å². The highest BCUT2D eigenvalue weighted by molar-refractivity contribution is 7.92. The summed E-state index contributed by atoms with van der Waals surface area (Å²) in [5.41, 5.74) is -0.0733. The summed E-state index contributed by atoms with van der Waals surface area (Å²) in [5, 5.41) is 0.926. The van der Waals surface area contributed by atoms with E-state index in [1.165, 1.54) is 0 Å². The van der Waals surface area contributed by atoms with E-state index in [0.29, 0.717) is 0 Å². The maximum atomic E-state index is 11.0. The zero-order chi connectivity index (χ0) is 9.99. The minimum Gasteiger partial charge on any atom is -0.208 e. The van der Waals surface area contributed by atoms with E-state index >= 15 is 0 Å². The lowest BCUT2D eigenvalue weighted by molar-refractivity contribution is 0.318. The molecular weight excluding hydrogens is 174 g/mol. The van der Waals surface area contributed by atoms with Crippen LogP contribution in [0.3, 0.4) is 0 Å². The summed E-state index contributed by atoms with van der Waals surface area (Å²) < 4.78 is 24.6. The number of sulfonamides is 1. The van der Waals surface area contributed by atoms with E-state index in [4.69, 9.17) is 0 Å². The second kappa shape index (κ2) is 3.58. The zero-order valence-corrected chi connectivity index (χ0v) is 8.90. The molecule has 0 amide bonds. The summed E-state index contributed by atoms with van der Waals surface area (Å²) in [6.45, 7) is 11.0. The van der Waals surface area contributed by atoms with E-state index in [9.17, 15) is 8.42 Å². The first-order chi connectivity index (χ1) is 5.19.